The molecule has 0 bridgehead atoms. The second-order valence-electron chi connectivity index (χ2n) is 5.60. The third-order valence-electron chi connectivity index (χ3n) is 2.65. The minimum Gasteiger partial charge on any atom is -0.0999 e. The van der Waals surface area contributed by atoms with Crippen LogP contribution in [0.2, 0.25) is 0 Å². The molecule has 1 atom stereocenters. The lowest BCUT2D eigenvalue weighted by molar-refractivity contribution is 0.614. The molecule has 0 amide bonds. The smallest absolute Gasteiger partial charge is 0.0382 e. The van der Waals surface area contributed by atoms with E-state index in [1.54, 1.807) is 0 Å². The zero-order valence-corrected chi connectivity index (χ0v) is 12.4. The predicted octanol–water partition coefficient (Wildman–Crippen LogP) is 5.44. The van der Waals surface area contributed by atoms with Crippen molar-refractivity contribution in [2.45, 2.75) is 66.7 Å². The van der Waals surface area contributed by atoms with Crippen molar-refractivity contribution in [2.24, 2.45) is 17.8 Å². The van der Waals surface area contributed by atoms with Gasteiger partial charge < -0.3 is 0 Å². The molecule has 0 saturated heterocycles. The van der Waals surface area contributed by atoms with Gasteiger partial charge in [-0.3, -0.25) is 0 Å². The zero-order valence-electron chi connectivity index (χ0n) is 12.4. The molecule has 0 radical (unpaired) electrons. The summed E-state index contributed by atoms with van der Waals surface area (Å²) in [7, 11) is 0. The summed E-state index contributed by atoms with van der Waals surface area (Å²) in [5.41, 5.74) is 0. The highest BCUT2D eigenvalue weighted by Crippen LogP contribution is 2.12. The number of hydrogen-bond donors (Lipinski definition) is 0. The van der Waals surface area contributed by atoms with Crippen molar-refractivity contribution >= 4 is 0 Å². The van der Waals surface area contributed by atoms with Gasteiger partial charge in [0, 0.05) is 11.8 Å². The van der Waals surface area contributed by atoms with Crippen LogP contribution in [0.4, 0.5) is 0 Å². The monoisotopic (exact) mass is 234 g/mol. The molecule has 0 N–H and O–H groups in total. The quantitative estimate of drug-likeness (QED) is 0.312. The Morgan fingerprint density at radius 2 is 1.71 bits per heavy atom. The maximum Gasteiger partial charge on any atom is 0.0382 e. The first kappa shape index (κ1) is 16.3. The molecule has 0 spiro atoms. The predicted molar refractivity (Wildman–Crippen MR) is 78.8 cm³/mol. The summed E-state index contributed by atoms with van der Waals surface area (Å²) in [6, 6.07) is 0. The Morgan fingerprint density at radius 1 is 1.00 bits per heavy atom. The van der Waals surface area contributed by atoms with Crippen LogP contribution in [0.1, 0.15) is 66.7 Å². The molecule has 0 aromatic heterocycles. The van der Waals surface area contributed by atoms with Crippen LogP contribution in [0.25, 0.3) is 0 Å². The van der Waals surface area contributed by atoms with E-state index in [1.165, 1.54) is 32.1 Å². The number of unbranched alkanes of at least 4 members (excludes halogenated alkanes) is 2. The van der Waals surface area contributed by atoms with Crippen molar-refractivity contribution in [1.82, 2.24) is 0 Å². The van der Waals surface area contributed by atoms with Crippen LogP contribution >= 0.6 is 0 Å². The van der Waals surface area contributed by atoms with Crippen molar-refractivity contribution in [3.63, 3.8) is 0 Å². The second-order valence-corrected chi connectivity index (χ2v) is 5.60. The summed E-state index contributed by atoms with van der Waals surface area (Å²) in [6.07, 6.45) is 11.0. The number of allylic oxidation sites excluding steroid dienone is 2. The van der Waals surface area contributed by atoms with Gasteiger partial charge in [-0.1, -0.05) is 77.9 Å². The summed E-state index contributed by atoms with van der Waals surface area (Å²) in [4.78, 5) is 0. The van der Waals surface area contributed by atoms with Crippen LogP contribution in [-0.2, 0) is 0 Å². The summed E-state index contributed by atoms with van der Waals surface area (Å²) in [5.74, 6) is 8.44. The molecule has 17 heavy (non-hydrogen) atoms. The highest BCUT2D eigenvalue weighted by atomic mass is 14.0. The van der Waals surface area contributed by atoms with Crippen molar-refractivity contribution in [3.8, 4) is 11.8 Å². The molecule has 0 aromatic carbocycles. The first-order valence-electron chi connectivity index (χ1n) is 7.24. The molecule has 0 aromatic rings. The van der Waals surface area contributed by atoms with Gasteiger partial charge in [0.25, 0.3) is 0 Å². The molecule has 0 aliphatic rings. The van der Waals surface area contributed by atoms with Gasteiger partial charge in [-0.2, -0.15) is 0 Å². The van der Waals surface area contributed by atoms with Gasteiger partial charge in [0.2, 0.25) is 0 Å². The minimum absolute atomic E-state index is 0.475. The molecule has 0 aliphatic heterocycles. The molecule has 0 saturated carbocycles. The van der Waals surface area contributed by atoms with Crippen LogP contribution < -0.4 is 0 Å². The van der Waals surface area contributed by atoms with Crippen LogP contribution in [0.15, 0.2) is 12.2 Å². The fourth-order valence-corrected chi connectivity index (χ4v) is 1.62. The second kappa shape index (κ2) is 10.5. The Bertz CT molecular complexity index is 247. The Hall–Kier alpha value is -0.700. The average molecular weight is 234 g/mol. The Balaban J connectivity index is 4.21. The van der Waals surface area contributed by atoms with Gasteiger partial charge in [0.05, 0.1) is 0 Å². The van der Waals surface area contributed by atoms with E-state index in [9.17, 15) is 0 Å². The van der Waals surface area contributed by atoms with Gasteiger partial charge in [0.15, 0.2) is 0 Å². The Morgan fingerprint density at radius 3 is 2.24 bits per heavy atom. The normalized spacial score (nSPS) is 13.1. The van der Waals surface area contributed by atoms with Crippen LogP contribution in [0.3, 0.4) is 0 Å². The lowest BCUT2D eigenvalue weighted by Gasteiger charge is -2.06. The maximum atomic E-state index is 3.42. The van der Waals surface area contributed by atoms with Gasteiger partial charge in [-0.25, -0.2) is 0 Å². The molecule has 0 fully saturated rings. The van der Waals surface area contributed by atoms with E-state index in [-0.39, 0.29) is 0 Å². The number of hydrogen-bond acceptors (Lipinski definition) is 0. The van der Waals surface area contributed by atoms with Gasteiger partial charge in [-0.15, -0.1) is 0 Å². The highest BCUT2D eigenvalue weighted by molar-refractivity contribution is 5.12. The molecule has 0 aliphatic carbocycles. The SMILES string of the molecule is CCCCCC(C#CC(C)C)C=CCC(C)C. The molecule has 0 heteroatoms. The number of rotatable bonds is 7. The molecule has 0 rings (SSSR count). The zero-order chi connectivity index (χ0) is 13.1. The van der Waals surface area contributed by atoms with Crippen molar-refractivity contribution in [2.75, 3.05) is 0 Å². The van der Waals surface area contributed by atoms with E-state index in [4.69, 9.17) is 0 Å². The lowest BCUT2D eigenvalue weighted by atomic mass is 9.99. The maximum absolute atomic E-state index is 3.42. The van der Waals surface area contributed by atoms with Crippen molar-refractivity contribution in [3.05, 3.63) is 12.2 Å². The van der Waals surface area contributed by atoms with Crippen LogP contribution in [0.5, 0.6) is 0 Å². The Labute approximate surface area is 109 Å². The molecule has 0 heterocycles. The van der Waals surface area contributed by atoms with Gasteiger partial charge >= 0.3 is 0 Å². The van der Waals surface area contributed by atoms with Gasteiger partial charge in [-0.05, 0) is 18.8 Å². The first-order valence-corrected chi connectivity index (χ1v) is 7.24. The third kappa shape index (κ3) is 11.6. The minimum atomic E-state index is 0.475. The van der Waals surface area contributed by atoms with Crippen LogP contribution in [0, 0.1) is 29.6 Å². The van der Waals surface area contributed by atoms with Crippen LogP contribution in [-0.4, -0.2) is 0 Å². The molecule has 98 valence electrons. The molecular formula is C17H30. The molecule has 1 unspecified atom stereocenters. The average Bonchev–Trinajstić information content (AvgIpc) is 2.24. The van der Waals surface area contributed by atoms with Crippen molar-refractivity contribution in [1.29, 1.82) is 0 Å². The van der Waals surface area contributed by atoms with Crippen molar-refractivity contribution < 1.29 is 0 Å². The van der Waals surface area contributed by atoms with E-state index in [2.05, 4.69) is 58.6 Å². The van der Waals surface area contributed by atoms with E-state index in [1.807, 2.05) is 0 Å². The summed E-state index contributed by atoms with van der Waals surface area (Å²) in [6.45, 7) is 11.1. The van der Waals surface area contributed by atoms with E-state index in [0.29, 0.717) is 11.8 Å². The van der Waals surface area contributed by atoms with E-state index >= 15 is 0 Å². The summed E-state index contributed by atoms with van der Waals surface area (Å²) >= 11 is 0. The third-order valence-corrected chi connectivity index (χ3v) is 2.65. The summed E-state index contributed by atoms with van der Waals surface area (Å²) < 4.78 is 0. The largest absolute Gasteiger partial charge is 0.0999 e. The fraction of sp³-hybridized carbons (Fsp3) is 0.765. The standard InChI is InChI=1S/C17H30/c1-6-7-8-11-17(14-13-16(4)5)12-9-10-15(2)3/h9,12,15-17H,6-8,10-11H2,1-5H3. The topological polar surface area (TPSA) is 0 Å². The molecular weight excluding hydrogens is 204 g/mol. The lowest BCUT2D eigenvalue weighted by Crippen LogP contribution is -1.95. The highest BCUT2D eigenvalue weighted by Gasteiger charge is 2.00. The fourth-order valence-electron chi connectivity index (χ4n) is 1.62. The van der Waals surface area contributed by atoms with E-state index in [0.717, 1.165) is 5.92 Å². The van der Waals surface area contributed by atoms with Gasteiger partial charge in [0.1, 0.15) is 0 Å². The first-order chi connectivity index (χ1) is 8.06. The Kier molecular flexibility index (Phi) is 10.0. The van der Waals surface area contributed by atoms with E-state index < -0.39 is 0 Å². The molecule has 0 nitrogen and oxygen atoms in total. The summed E-state index contributed by atoms with van der Waals surface area (Å²) in [5, 5.41) is 0.